The number of nitrogens with one attached hydrogen (secondary N) is 1. The van der Waals surface area contributed by atoms with Crippen LogP contribution in [0.2, 0.25) is 0 Å². The molecule has 1 aliphatic heterocycles. The molecule has 1 saturated heterocycles. The molecule has 0 atom stereocenters. The zero-order valence-corrected chi connectivity index (χ0v) is 20.1. The van der Waals surface area contributed by atoms with E-state index in [1.165, 1.54) is 23.5 Å². The van der Waals surface area contributed by atoms with Crippen LogP contribution in [-0.4, -0.2) is 38.2 Å². The Hall–Kier alpha value is -4.13. The lowest BCUT2D eigenvalue weighted by Gasteiger charge is -2.31. The second kappa shape index (κ2) is 10.4. The van der Waals surface area contributed by atoms with Crippen molar-refractivity contribution < 1.29 is 14.4 Å². The number of piperidine rings is 1. The number of nitrogen functional groups attached to an aromatic ring is 1. The number of carbonyl (C=O) groups excluding carboxylic acids is 3. The zero-order valence-electron chi connectivity index (χ0n) is 20.1. The van der Waals surface area contributed by atoms with Crippen molar-refractivity contribution in [2.75, 3.05) is 41.0 Å². The number of hydrogen-bond acceptors (Lipinski definition) is 5. The SMILES string of the molecule is Cc1ccc(NC(=O)c2cc(N(C)C(=O)c3cc(N)ccc3C=O)ccc2N2CCCCC2)cc1. The summed E-state index contributed by atoms with van der Waals surface area (Å²) < 4.78 is 0. The van der Waals surface area contributed by atoms with Crippen molar-refractivity contribution in [2.45, 2.75) is 26.2 Å². The number of nitrogens with two attached hydrogens (primary N) is 1. The minimum absolute atomic E-state index is 0.216. The van der Waals surface area contributed by atoms with E-state index >= 15 is 0 Å². The molecule has 35 heavy (non-hydrogen) atoms. The van der Waals surface area contributed by atoms with E-state index in [-0.39, 0.29) is 22.9 Å². The fraction of sp³-hybridized carbons (Fsp3) is 0.250. The van der Waals surface area contributed by atoms with Gasteiger partial charge in [0.1, 0.15) is 0 Å². The molecule has 180 valence electrons. The van der Waals surface area contributed by atoms with E-state index in [1.54, 1.807) is 19.2 Å². The van der Waals surface area contributed by atoms with Gasteiger partial charge in [-0.15, -0.1) is 0 Å². The van der Waals surface area contributed by atoms with Gasteiger partial charge in [0, 0.05) is 48.5 Å². The summed E-state index contributed by atoms with van der Waals surface area (Å²) in [6, 6.07) is 17.7. The Morgan fingerprint density at radius 1 is 0.943 bits per heavy atom. The molecule has 1 fully saturated rings. The Morgan fingerprint density at radius 2 is 1.66 bits per heavy atom. The molecule has 3 N–H and O–H groups in total. The molecule has 0 spiro atoms. The van der Waals surface area contributed by atoms with Crippen LogP contribution < -0.4 is 20.9 Å². The van der Waals surface area contributed by atoms with Crippen LogP contribution in [0, 0.1) is 6.92 Å². The van der Waals surface area contributed by atoms with Gasteiger partial charge in [0.15, 0.2) is 6.29 Å². The van der Waals surface area contributed by atoms with Gasteiger partial charge >= 0.3 is 0 Å². The van der Waals surface area contributed by atoms with Gasteiger partial charge in [-0.05, 0) is 74.7 Å². The summed E-state index contributed by atoms with van der Waals surface area (Å²) in [6.07, 6.45) is 3.96. The molecule has 7 heteroatoms. The third-order valence-corrected chi connectivity index (χ3v) is 6.36. The van der Waals surface area contributed by atoms with Gasteiger partial charge in [-0.2, -0.15) is 0 Å². The van der Waals surface area contributed by atoms with Crippen LogP contribution in [0.15, 0.2) is 60.7 Å². The first kappa shape index (κ1) is 24.0. The number of rotatable bonds is 6. The Balaban J connectivity index is 1.69. The predicted molar refractivity (Wildman–Crippen MR) is 141 cm³/mol. The number of aryl methyl sites for hydroxylation is 1. The first-order valence-corrected chi connectivity index (χ1v) is 11.8. The van der Waals surface area contributed by atoms with Gasteiger partial charge in [-0.25, -0.2) is 0 Å². The number of aldehydes is 1. The monoisotopic (exact) mass is 470 g/mol. The molecule has 2 amide bonds. The van der Waals surface area contributed by atoms with Gasteiger partial charge in [0.2, 0.25) is 0 Å². The molecule has 1 aliphatic rings. The van der Waals surface area contributed by atoms with Crippen molar-refractivity contribution in [3.05, 3.63) is 82.9 Å². The maximum absolute atomic E-state index is 13.4. The van der Waals surface area contributed by atoms with Crippen LogP contribution in [0.3, 0.4) is 0 Å². The third-order valence-electron chi connectivity index (χ3n) is 6.36. The fourth-order valence-corrected chi connectivity index (χ4v) is 4.32. The van der Waals surface area contributed by atoms with Crippen molar-refractivity contribution in [2.24, 2.45) is 0 Å². The molecular weight excluding hydrogens is 440 g/mol. The van der Waals surface area contributed by atoms with E-state index in [4.69, 9.17) is 5.73 Å². The number of carbonyl (C=O) groups is 3. The van der Waals surface area contributed by atoms with Gasteiger partial charge in [0.05, 0.1) is 11.1 Å². The van der Waals surface area contributed by atoms with Crippen LogP contribution in [0.4, 0.5) is 22.7 Å². The first-order chi connectivity index (χ1) is 16.9. The average Bonchev–Trinajstić information content (AvgIpc) is 2.89. The summed E-state index contributed by atoms with van der Waals surface area (Å²) in [7, 11) is 1.62. The van der Waals surface area contributed by atoms with Crippen LogP contribution in [-0.2, 0) is 0 Å². The van der Waals surface area contributed by atoms with E-state index in [2.05, 4.69) is 10.2 Å². The van der Waals surface area contributed by atoms with Crippen molar-refractivity contribution in [1.82, 2.24) is 0 Å². The molecule has 4 rings (SSSR count). The van der Waals surface area contributed by atoms with E-state index in [1.807, 2.05) is 43.3 Å². The number of hydrogen-bond donors (Lipinski definition) is 2. The second-order valence-electron chi connectivity index (χ2n) is 8.90. The van der Waals surface area contributed by atoms with Gasteiger partial charge in [-0.1, -0.05) is 17.7 Å². The summed E-state index contributed by atoms with van der Waals surface area (Å²) >= 11 is 0. The van der Waals surface area contributed by atoms with E-state index < -0.39 is 0 Å². The number of anilines is 4. The normalized spacial score (nSPS) is 13.3. The van der Waals surface area contributed by atoms with Crippen molar-refractivity contribution in [3.8, 4) is 0 Å². The van der Waals surface area contributed by atoms with Crippen molar-refractivity contribution in [3.63, 3.8) is 0 Å². The highest BCUT2D eigenvalue weighted by atomic mass is 16.2. The molecule has 0 saturated carbocycles. The molecule has 1 heterocycles. The van der Waals surface area contributed by atoms with E-state index in [0.717, 1.165) is 37.2 Å². The minimum Gasteiger partial charge on any atom is -0.399 e. The zero-order chi connectivity index (χ0) is 24.9. The average molecular weight is 471 g/mol. The quantitative estimate of drug-likeness (QED) is 0.394. The molecule has 3 aromatic carbocycles. The molecule has 0 aromatic heterocycles. The first-order valence-electron chi connectivity index (χ1n) is 11.8. The minimum atomic E-state index is -0.380. The molecule has 0 aliphatic carbocycles. The maximum atomic E-state index is 13.4. The van der Waals surface area contributed by atoms with Gasteiger partial charge in [-0.3, -0.25) is 14.4 Å². The molecule has 0 radical (unpaired) electrons. The molecule has 3 aromatic rings. The lowest BCUT2D eigenvalue weighted by atomic mass is 10.0. The number of amides is 2. The second-order valence-corrected chi connectivity index (χ2v) is 8.90. The summed E-state index contributed by atoms with van der Waals surface area (Å²) in [6.45, 7) is 3.75. The summed E-state index contributed by atoms with van der Waals surface area (Å²) in [5, 5.41) is 2.99. The Labute approximate surface area is 205 Å². The Kier molecular flexibility index (Phi) is 7.15. The van der Waals surface area contributed by atoms with E-state index in [9.17, 15) is 14.4 Å². The van der Waals surface area contributed by atoms with Crippen molar-refractivity contribution in [1.29, 1.82) is 0 Å². The third kappa shape index (κ3) is 5.35. The standard InChI is InChI=1S/C28H30N4O3/c1-19-6-10-22(11-7-19)30-27(34)25-17-23(12-13-26(25)32-14-4-3-5-15-32)31(2)28(35)24-16-21(29)9-8-20(24)18-33/h6-13,16-18H,3-5,14-15,29H2,1-2H3,(H,30,34). The molecule has 0 unspecified atom stereocenters. The predicted octanol–water partition coefficient (Wildman–Crippen LogP) is 4.91. The number of benzene rings is 3. The summed E-state index contributed by atoms with van der Waals surface area (Å²) in [5.74, 6) is -0.621. The highest BCUT2D eigenvalue weighted by molar-refractivity contribution is 6.12. The molecule has 0 bridgehead atoms. The fourth-order valence-electron chi connectivity index (χ4n) is 4.32. The molecular formula is C28H30N4O3. The Morgan fingerprint density at radius 3 is 2.34 bits per heavy atom. The van der Waals surface area contributed by atoms with Crippen molar-refractivity contribution >= 4 is 40.9 Å². The summed E-state index contributed by atoms with van der Waals surface area (Å²) in [5.41, 5.74) is 10.4. The van der Waals surface area contributed by atoms with Gasteiger partial charge < -0.3 is 20.9 Å². The largest absolute Gasteiger partial charge is 0.399 e. The lowest BCUT2D eigenvalue weighted by Crippen LogP contribution is -2.32. The molecule has 7 nitrogen and oxygen atoms in total. The number of nitrogens with zero attached hydrogens (tertiary/aromatic N) is 2. The van der Waals surface area contributed by atoms with Crippen LogP contribution in [0.1, 0.15) is 55.9 Å². The summed E-state index contributed by atoms with van der Waals surface area (Å²) in [4.78, 5) is 41.8. The highest BCUT2D eigenvalue weighted by Crippen LogP contribution is 2.30. The topological polar surface area (TPSA) is 95.7 Å². The van der Waals surface area contributed by atoms with Crippen LogP contribution >= 0.6 is 0 Å². The van der Waals surface area contributed by atoms with Crippen LogP contribution in [0.25, 0.3) is 0 Å². The van der Waals surface area contributed by atoms with Crippen LogP contribution in [0.5, 0.6) is 0 Å². The van der Waals surface area contributed by atoms with Gasteiger partial charge in [0.25, 0.3) is 11.8 Å². The smallest absolute Gasteiger partial charge is 0.258 e. The lowest BCUT2D eigenvalue weighted by molar-refractivity contribution is 0.0984. The highest BCUT2D eigenvalue weighted by Gasteiger charge is 2.23. The maximum Gasteiger partial charge on any atom is 0.258 e. The Bertz CT molecular complexity index is 1250. The van der Waals surface area contributed by atoms with E-state index in [0.29, 0.717) is 28.9 Å².